The van der Waals surface area contributed by atoms with E-state index in [0.717, 1.165) is 42.8 Å². The Kier molecular flexibility index (Phi) is 7.05. The summed E-state index contributed by atoms with van der Waals surface area (Å²) in [5.74, 6) is 0.692. The van der Waals surface area contributed by atoms with Crippen LogP contribution < -0.4 is 15.4 Å². The third-order valence-electron chi connectivity index (χ3n) is 4.42. The maximum atomic E-state index is 12.1. The highest BCUT2D eigenvalue weighted by Gasteiger charge is 2.15. The summed E-state index contributed by atoms with van der Waals surface area (Å²) >= 11 is 0. The highest BCUT2D eigenvalue weighted by Crippen LogP contribution is 2.19. The van der Waals surface area contributed by atoms with Gasteiger partial charge < -0.3 is 20.1 Å². The second kappa shape index (κ2) is 9.94. The number of rotatable bonds is 8. The quantitative estimate of drug-likeness (QED) is 0.765. The van der Waals surface area contributed by atoms with E-state index in [1.165, 1.54) is 0 Å². The van der Waals surface area contributed by atoms with E-state index in [2.05, 4.69) is 10.6 Å². The molecule has 1 fully saturated rings. The van der Waals surface area contributed by atoms with Crippen LogP contribution in [0.4, 0.5) is 0 Å². The smallest absolute Gasteiger partial charge is 0.246 e. The predicted octanol–water partition coefficient (Wildman–Crippen LogP) is 2.65. The minimum Gasteiger partial charge on any atom is -0.489 e. The van der Waals surface area contributed by atoms with E-state index in [1.54, 1.807) is 0 Å². The Bertz CT molecular complexity index is 685. The van der Waals surface area contributed by atoms with Crippen molar-refractivity contribution in [2.24, 2.45) is 0 Å². The van der Waals surface area contributed by atoms with Gasteiger partial charge in [0, 0.05) is 12.1 Å². The summed E-state index contributed by atoms with van der Waals surface area (Å²) in [4.78, 5) is 12.1. The molecule has 26 heavy (non-hydrogen) atoms. The molecule has 0 saturated carbocycles. The highest BCUT2D eigenvalue weighted by atomic mass is 16.5. The molecular weight excluding hydrogens is 328 g/mol. The lowest BCUT2D eigenvalue weighted by atomic mass is 10.1. The first-order valence-corrected chi connectivity index (χ1v) is 9.15. The molecule has 1 heterocycles. The summed E-state index contributed by atoms with van der Waals surface area (Å²) in [6, 6.07) is 17.8. The SMILES string of the molecule is O=C(COC1CCNCC1)NCc1ccccc1OCc1ccccc1. The van der Waals surface area contributed by atoms with Crippen molar-refractivity contribution in [1.82, 2.24) is 10.6 Å². The first-order chi connectivity index (χ1) is 12.8. The normalized spacial score (nSPS) is 14.8. The number of hydrogen-bond donors (Lipinski definition) is 2. The summed E-state index contributed by atoms with van der Waals surface area (Å²) < 4.78 is 11.6. The number of piperidine rings is 1. The Balaban J connectivity index is 1.45. The minimum absolute atomic E-state index is 0.0959. The molecule has 2 aromatic carbocycles. The van der Waals surface area contributed by atoms with Crippen molar-refractivity contribution in [1.29, 1.82) is 0 Å². The van der Waals surface area contributed by atoms with Crippen LogP contribution in [0.25, 0.3) is 0 Å². The van der Waals surface area contributed by atoms with Crippen LogP contribution in [0.2, 0.25) is 0 Å². The van der Waals surface area contributed by atoms with Gasteiger partial charge in [-0.1, -0.05) is 48.5 Å². The van der Waals surface area contributed by atoms with E-state index in [9.17, 15) is 4.79 Å². The molecule has 1 aliphatic heterocycles. The second-order valence-electron chi connectivity index (χ2n) is 6.42. The number of carbonyl (C=O) groups is 1. The first kappa shape index (κ1) is 18.4. The van der Waals surface area contributed by atoms with Gasteiger partial charge in [0.15, 0.2) is 0 Å². The lowest BCUT2D eigenvalue weighted by Crippen LogP contribution is -2.35. The Hall–Kier alpha value is -2.37. The van der Waals surface area contributed by atoms with Crippen LogP contribution in [-0.2, 0) is 22.7 Å². The Labute approximate surface area is 154 Å². The topological polar surface area (TPSA) is 59.6 Å². The van der Waals surface area contributed by atoms with Crippen molar-refractivity contribution < 1.29 is 14.3 Å². The zero-order valence-electron chi connectivity index (χ0n) is 14.9. The molecule has 0 aliphatic carbocycles. The Morgan fingerprint density at radius 3 is 2.58 bits per heavy atom. The number of hydrogen-bond acceptors (Lipinski definition) is 4. The Morgan fingerprint density at radius 2 is 1.77 bits per heavy atom. The third kappa shape index (κ3) is 5.86. The van der Waals surface area contributed by atoms with Crippen LogP contribution in [0.5, 0.6) is 5.75 Å². The zero-order valence-corrected chi connectivity index (χ0v) is 14.9. The van der Waals surface area contributed by atoms with Gasteiger partial charge in [-0.2, -0.15) is 0 Å². The number of amides is 1. The van der Waals surface area contributed by atoms with Gasteiger partial charge in [0.2, 0.25) is 5.91 Å². The van der Waals surface area contributed by atoms with Crippen molar-refractivity contribution >= 4 is 5.91 Å². The maximum Gasteiger partial charge on any atom is 0.246 e. The molecule has 1 aliphatic rings. The fourth-order valence-corrected chi connectivity index (χ4v) is 2.93. The summed E-state index contributed by atoms with van der Waals surface area (Å²) in [5.41, 5.74) is 2.07. The van der Waals surface area contributed by atoms with Gasteiger partial charge in [-0.25, -0.2) is 0 Å². The number of nitrogens with one attached hydrogen (secondary N) is 2. The molecule has 0 radical (unpaired) electrons. The molecule has 1 saturated heterocycles. The molecule has 5 heteroatoms. The number of para-hydroxylation sites is 1. The van der Waals surface area contributed by atoms with Crippen LogP contribution >= 0.6 is 0 Å². The molecule has 2 N–H and O–H groups in total. The van der Waals surface area contributed by atoms with Crippen molar-refractivity contribution in [3.63, 3.8) is 0 Å². The van der Waals surface area contributed by atoms with Gasteiger partial charge in [0.05, 0.1) is 6.10 Å². The van der Waals surface area contributed by atoms with Crippen LogP contribution in [0.3, 0.4) is 0 Å². The van der Waals surface area contributed by atoms with Crippen molar-refractivity contribution in [3.8, 4) is 5.75 Å². The predicted molar refractivity (Wildman–Crippen MR) is 101 cm³/mol. The van der Waals surface area contributed by atoms with Gasteiger partial charge in [-0.3, -0.25) is 4.79 Å². The third-order valence-corrected chi connectivity index (χ3v) is 4.42. The second-order valence-corrected chi connectivity index (χ2v) is 6.42. The van der Waals surface area contributed by atoms with E-state index in [0.29, 0.717) is 13.2 Å². The first-order valence-electron chi connectivity index (χ1n) is 9.15. The van der Waals surface area contributed by atoms with Gasteiger partial charge in [-0.15, -0.1) is 0 Å². The fraction of sp³-hybridized carbons (Fsp3) is 0.381. The number of benzene rings is 2. The molecule has 138 valence electrons. The van der Waals surface area contributed by atoms with Crippen LogP contribution in [0, 0.1) is 0 Å². The average Bonchev–Trinajstić information content (AvgIpc) is 2.71. The number of ether oxygens (including phenoxy) is 2. The van der Waals surface area contributed by atoms with E-state index < -0.39 is 0 Å². The fourth-order valence-electron chi connectivity index (χ4n) is 2.93. The minimum atomic E-state index is -0.0959. The van der Waals surface area contributed by atoms with E-state index >= 15 is 0 Å². The molecule has 2 aromatic rings. The molecule has 0 aromatic heterocycles. The lowest BCUT2D eigenvalue weighted by molar-refractivity contribution is -0.128. The molecule has 0 atom stereocenters. The summed E-state index contributed by atoms with van der Waals surface area (Å²) in [6.45, 7) is 2.96. The molecule has 5 nitrogen and oxygen atoms in total. The maximum absolute atomic E-state index is 12.1. The van der Waals surface area contributed by atoms with Crippen LogP contribution in [0.1, 0.15) is 24.0 Å². The van der Waals surface area contributed by atoms with Crippen LogP contribution in [0.15, 0.2) is 54.6 Å². The standard InChI is InChI=1S/C21H26N2O3/c24-21(16-25-19-10-12-22-13-11-19)23-14-18-8-4-5-9-20(18)26-15-17-6-2-1-3-7-17/h1-9,19,22H,10-16H2,(H,23,24). The molecule has 0 unspecified atom stereocenters. The summed E-state index contributed by atoms with van der Waals surface area (Å²) in [5, 5.41) is 6.20. The van der Waals surface area contributed by atoms with E-state index in [4.69, 9.17) is 9.47 Å². The molecular formula is C21H26N2O3. The van der Waals surface area contributed by atoms with Crippen molar-refractivity contribution in [2.45, 2.75) is 32.1 Å². The summed E-state index contributed by atoms with van der Waals surface area (Å²) in [6.07, 6.45) is 2.11. The molecule has 1 amide bonds. The van der Waals surface area contributed by atoms with Gasteiger partial charge in [0.25, 0.3) is 0 Å². The summed E-state index contributed by atoms with van der Waals surface area (Å²) in [7, 11) is 0. The molecule has 0 spiro atoms. The average molecular weight is 354 g/mol. The van der Waals surface area contributed by atoms with Gasteiger partial charge in [0.1, 0.15) is 19.0 Å². The van der Waals surface area contributed by atoms with Crippen molar-refractivity contribution in [3.05, 3.63) is 65.7 Å². The molecule has 0 bridgehead atoms. The largest absolute Gasteiger partial charge is 0.489 e. The van der Waals surface area contributed by atoms with Crippen molar-refractivity contribution in [2.75, 3.05) is 19.7 Å². The number of carbonyl (C=O) groups excluding carboxylic acids is 1. The van der Waals surface area contributed by atoms with Gasteiger partial charge in [-0.05, 0) is 37.6 Å². The molecule has 3 rings (SSSR count). The lowest BCUT2D eigenvalue weighted by Gasteiger charge is -2.22. The highest BCUT2D eigenvalue weighted by molar-refractivity contribution is 5.77. The van der Waals surface area contributed by atoms with E-state index in [-0.39, 0.29) is 18.6 Å². The van der Waals surface area contributed by atoms with E-state index in [1.807, 2.05) is 54.6 Å². The van der Waals surface area contributed by atoms with Crippen LogP contribution in [-0.4, -0.2) is 31.7 Å². The Morgan fingerprint density at radius 1 is 1.04 bits per heavy atom. The van der Waals surface area contributed by atoms with Gasteiger partial charge >= 0.3 is 0 Å². The monoisotopic (exact) mass is 354 g/mol. The zero-order chi connectivity index (χ0) is 18.0.